The Bertz CT molecular complexity index is 779. The second-order valence-corrected chi connectivity index (χ2v) is 6.52. The van der Waals surface area contributed by atoms with E-state index in [0.29, 0.717) is 32.7 Å². The highest BCUT2D eigenvalue weighted by molar-refractivity contribution is 5.93. The van der Waals surface area contributed by atoms with Crippen LogP contribution in [0.25, 0.3) is 10.8 Å². The van der Waals surface area contributed by atoms with E-state index in [0.717, 1.165) is 22.3 Å². The number of hydrogen-bond donors (Lipinski definition) is 1. The van der Waals surface area contributed by atoms with Crippen molar-refractivity contribution in [2.24, 2.45) is 11.3 Å². The molecule has 2 atom stereocenters. The van der Waals surface area contributed by atoms with Crippen molar-refractivity contribution in [1.29, 1.82) is 0 Å². The second kappa shape index (κ2) is 5.16. The topological polar surface area (TPSA) is 75.5 Å². The predicted octanol–water partition coefficient (Wildman–Crippen LogP) is 1.87. The lowest BCUT2D eigenvalue weighted by Gasteiger charge is -2.33. The van der Waals surface area contributed by atoms with E-state index < -0.39 is 11.4 Å². The Morgan fingerprint density at radius 3 is 2.87 bits per heavy atom. The van der Waals surface area contributed by atoms with Gasteiger partial charge in [0.1, 0.15) is 0 Å². The molecule has 2 saturated heterocycles. The normalized spacial score (nSPS) is 27.2. The van der Waals surface area contributed by atoms with Crippen LogP contribution in [0.15, 0.2) is 24.3 Å². The van der Waals surface area contributed by atoms with Crippen molar-refractivity contribution in [2.45, 2.75) is 13.3 Å². The SMILES string of the molecule is Cc1nnc(N2C[C@@H]3COCC[C@]3(C(=O)O)C2)c2ccccc12. The Balaban J connectivity index is 1.78. The summed E-state index contributed by atoms with van der Waals surface area (Å²) in [5, 5.41) is 20.5. The molecule has 2 aromatic rings. The van der Waals surface area contributed by atoms with Crippen molar-refractivity contribution in [1.82, 2.24) is 10.2 Å². The maximum Gasteiger partial charge on any atom is 0.311 e. The maximum absolute atomic E-state index is 11.9. The Hall–Kier alpha value is -2.21. The van der Waals surface area contributed by atoms with Crippen LogP contribution in [-0.2, 0) is 9.53 Å². The molecule has 6 nitrogen and oxygen atoms in total. The first-order chi connectivity index (χ1) is 11.1. The van der Waals surface area contributed by atoms with Crippen LogP contribution in [0.5, 0.6) is 0 Å². The summed E-state index contributed by atoms with van der Waals surface area (Å²) in [6, 6.07) is 8.02. The van der Waals surface area contributed by atoms with E-state index in [4.69, 9.17) is 4.74 Å². The highest BCUT2D eigenvalue weighted by Crippen LogP contribution is 2.44. The van der Waals surface area contributed by atoms with Gasteiger partial charge >= 0.3 is 5.97 Å². The molecule has 6 heteroatoms. The molecule has 0 unspecified atom stereocenters. The average Bonchev–Trinajstić information content (AvgIpc) is 2.96. The molecule has 4 rings (SSSR count). The Labute approximate surface area is 134 Å². The summed E-state index contributed by atoms with van der Waals surface area (Å²) in [6.45, 7) is 4.07. The lowest BCUT2D eigenvalue weighted by Crippen LogP contribution is -2.44. The summed E-state index contributed by atoms with van der Waals surface area (Å²) in [6.07, 6.45) is 0.556. The van der Waals surface area contributed by atoms with Gasteiger partial charge in [-0.3, -0.25) is 4.79 Å². The van der Waals surface area contributed by atoms with E-state index >= 15 is 0 Å². The summed E-state index contributed by atoms with van der Waals surface area (Å²) in [5.74, 6) is 0.0505. The van der Waals surface area contributed by atoms with Crippen LogP contribution in [0.3, 0.4) is 0 Å². The molecular weight excluding hydrogens is 294 g/mol. The van der Waals surface area contributed by atoms with Crippen molar-refractivity contribution < 1.29 is 14.6 Å². The minimum absolute atomic E-state index is 0.00406. The van der Waals surface area contributed by atoms with Gasteiger partial charge in [0.15, 0.2) is 5.82 Å². The highest BCUT2D eigenvalue weighted by Gasteiger charge is 2.54. The summed E-state index contributed by atoms with van der Waals surface area (Å²) in [4.78, 5) is 14.0. The summed E-state index contributed by atoms with van der Waals surface area (Å²) in [5.41, 5.74) is 0.156. The molecule has 1 N–H and O–H groups in total. The van der Waals surface area contributed by atoms with Crippen LogP contribution in [0, 0.1) is 18.3 Å². The molecule has 120 valence electrons. The van der Waals surface area contributed by atoms with Gasteiger partial charge in [-0.15, -0.1) is 5.10 Å². The number of benzene rings is 1. The van der Waals surface area contributed by atoms with Crippen LogP contribution >= 0.6 is 0 Å². The zero-order valence-electron chi connectivity index (χ0n) is 13.0. The number of carboxylic acid groups (broad SMARTS) is 1. The number of hydrogen-bond acceptors (Lipinski definition) is 5. The molecular formula is C17H19N3O3. The van der Waals surface area contributed by atoms with Gasteiger partial charge in [-0.05, 0) is 13.3 Å². The van der Waals surface area contributed by atoms with E-state index in [9.17, 15) is 9.90 Å². The van der Waals surface area contributed by atoms with Gasteiger partial charge in [-0.2, -0.15) is 5.10 Å². The lowest BCUT2D eigenvalue weighted by molar-refractivity contribution is -0.157. The van der Waals surface area contributed by atoms with Crippen LogP contribution < -0.4 is 4.90 Å². The molecule has 0 bridgehead atoms. The van der Waals surface area contributed by atoms with Gasteiger partial charge in [0.25, 0.3) is 0 Å². The number of fused-ring (bicyclic) bond motifs is 2. The number of carboxylic acids is 1. The van der Waals surface area contributed by atoms with Crippen molar-refractivity contribution in [3.63, 3.8) is 0 Å². The third-order valence-corrected chi connectivity index (χ3v) is 5.28. The van der Waals surface area contributed by atoms with Crippen molar-refractivity contribution in [3.8, 4) is 0 Å². The largest absolute Gasteiger partial charge is 0.481 e. The molecule has 1 aromatic carbocycles. The molecule has 23 heavy (non-hydrogen) atoms. The van der Waals surface area contributed by atoms with E-state index in [-0.39, 0.29) is 5.92 Å². The molecule has 2 aliphatic heterocycles. The first-order valence-corrected chi connectivity index (χ1v) is 7.90. The molecule has 0 aliphatic carbocycles. The zero-order chi connectivity index (χ0) is 16.0. The van der Waals surface area contributed by atoms with Crippen molar-refractivity contribution >= 4 is 22.6 Å². The molecule has 1 aromatic heterocycles. The number of aryl methyl sites for hydroxylation is 1. The van der Waals surface area contributed by atoms with Gasteiger partial charge in [-0.1, -0.05) is 24.3 Å². The molecule has 0 radical (unpaired) electrons. The lowest BCUT2D eigenvalue weighted by atomic mass is 9.74. The van der Waals surface area contributed by atoms with Gasteiger partial charge in [0.05, 0.1) is 17.7 Å². The van der Waals surface area contributed by atoms with Crippen LogP contribution in [0.4, 0.5) is 5.82 Å². The standard InChI is InChI=1S/C17H19N3O3/c1-11-13-4-2-3-5-14(13)15(19-18-11)20-8-12-9-23-7-6-17(12,10-20)16(21)22/h2-5,12H,6-10H2,1H3,(H,21,22)/t12-,17+/m1/s1. The Kier molecular flexibility index (Phi) is 3.23. The number of anilines is 1. The average molecular weight is 313 g/mol. The van der Waals surface area contributed by atoms with E-state index in [2.05, 4.69) is 15.1 Å². The fourth-order valence-electron chi connectivity index (χ4n) is 3.92. The zero-order valence-corrected chi connectivity index (χ0v) is 13.0. The number of ether oxygens (including phenoxy) is 1. The van der Waals surface area contributed by atoms with Crippen LogP contribution in [-0.4, -0.2) is 47.6 Å². The predicted molar refractivity (Wildman–Crippen MR) is 85.5 cm³/mol. The van der Waals surface area contributed by atoms with Crippen molar-refractivity contribution in [2.75, 3.05) is 31.2 Å². The molecule has 0 spiro atoms. The summed E-state index contributed by atoms with van der Waals surface area (Å²) >= 11 is 0. The molecule has 2 aliphatic rings. The van der Waals surface area contributed by atoms with E-state index in [1.165, 1.54) is 0 Å². The maximum atomic E-state index is 11.9. The smallest absolute Gasteiger partial charge is 0.311 e. The second-order valence-electron chi connectivity index (χ2n) is 6.52. The monoisotopic (exact) mass is 313 g/mol. The summed E-state index contributed by atoms with van der Waals surface area (Å²) < 4.78 is 5.52. The first kappa shape index (κ1) is 14.4. The minimum Gasteiger partial charge on any atom is -0.481 e. The number of aliphatic carboxylic acids is 1. The Morgan fingerprint density at radius 1 is 1.35 bits per heavy atom. The molecule has 0 saturated carbocycles. The Morgan fingerprint density at radius 2 is 2.13 bits per heavy atom. The van der Waals surface area contributed by atoms with Crippen LogP contribution in [0.2, 0.25) is 0 Å². The van der Waals surface area contributed by atoms with Gasteiger partial charge in [-0.25, -0.2) is 0 Å². The third kappa shape index (κ3) is 2.09. The van der Waals surface area contributed by atoms with E-state index in [1.54, 1.807) is 0 Å². The summed E-state index contributed by atoms with van der Waals surface area (Å²) in [7, 11) is 0. The van der Waals surface area contributed by atoms with Crippen molar-refractivity contribution in [3.05, 3.63) is 30.0 Å². The fraction of sp³-hybridized carbons (Fsp3) is 0.471. The molecule has 0 amide bonds. The van der Waals surface area contributed by atoms with Gasteiger partial charge in [0.2, 0.25) is 0 Å². The number of nitrogens with zero attached hydrogens (tertiary/aromatic N) is 3. The highest BCUT2D eigenvalue weighted by atomic mass is 16.5. The third-order valence-electron chi connectivity index (χ3n) is 5.28. The van der Waals surface area contributed by atoms with Gasteiger partial charge < -0.3 is 14.7 Å². The minimum atomic E-state index is -0.730. The fourth-order valence-corrected chi connectivity index (χ4v) is 3.92. The van der Waals surface area contributed by atoms with E-state index in [1.807, 2.05) is 31.2 Å². The molecule has 3 heterocycles. The number of rotatable bonds is 2. The number of aromatic nitrogens is 2. The first-order valence-electron chi connectivity index (χ1n) is 7.90. The molecule has 2 fully saturated rings. The quantitative estimate of drug-likeness (QED) is 0.912. The van der Waals surface area contributed by atoms with Crippen LogP contribution in [0.1, 0.15) is 12.1 Å². The number of carbonyl (C=O) groups is 1. The van der Waals surface area contributed by atoms with Gasteiger partial charge in [0, 0.05) is 36.4 Å².